The van der Waals surface area contributed by atoms with Gasteiger partial charge in [-0.15, -0.1) is 0 Å². The molecule has 0 amide bonds. The summed E-state index contributed by atoms with van der Waals surface area (Å²) in [6.07, 6.45) is -4.67. The number of halogens is 3. The van der Waals surface area contributed by atoms with Gasteiger partial charge in [-0.25, -0.2) is 9.97 Å². The van der Waals surface area contributed by atoms with E-state index in [9.17, 15) is 18.0 Å². The zero-order valence-electron chi connectivity index (χ0n) is 11.3. The summed E-state index contributed by atoms with van der Waals surface area (Å²) in [6.45, 7) is 3.24. The Balaban J connectivity index is 2.37. The summed E-state index contributed by atoms with van der Waals surface area (Å²) in [4.78, 5) is 20.9. The van der Waals surface area contributed by atoms with Crippen LogP contribution in [0.15, 0.2) is 6.07 Å². The van der Waals surface area contributed by atoms with E-state index in [4.69, 9.17) is 4.74 Å². The number of ether oxygens (including phenoxy) is 1. The van der Waals surface area contributed by atoms with Crippen molar-refractivity contribution >= 4 is 22.8 Å². The average molecular weight is 302 g/mol. The lowest BCUT2D eigenvalue weighted by Crippen LogP contribution is -2.19. The molecule has 0 aliphatic carbocycles. The van der Waals surface area contributed by atoms with E-state index in [0.29, 0.717) is 11.1 Å². The number of alkyl halides is 3. The van der Waals surface area contributed by atoms with Crippen LogP contribution in [0.2, 0.25) is 0 Å². The van der Waals surface area contributed by atoms with Crippen molar-refractivity contribution in [2.45, 2.75) is 20.0 Å². The van der Waals surface area contributed by atoms with Gasteiger partial charge in [0.15, 0.2) is 0 Å². The molecule has 0 spiro atoms. The van der Waals surface area contributed by atoms with Gasteiger partial charge in [-0.05, 0) is 19.9 Å². The van der Waals surface area contributed by atoms with Crippen LogP contribution in [0.4, 0.5) is 19.0 Å². The molecule has 0 saturated heterocycles. The number of carbonyl (C=O) groups excluding carboxylic acids is 1. The molecule has 2 heterocycles. The van der Waals surface area contributed by atoms with Crippen molar-refractivity contribution in [1.29, 1.82) is 0 Å². The molecule has 21 heavy (non-hydrogen) atoms. The van der Waals surface area contributed by atoms with Crippen LogP contribution >= 0.6 is 0 Å². The highest BCUT2D eigenvalue weighted by atomic mass is 19.4. The predicted molar refractivity (Wildman–Crippen MR) is 68.8 cm³/mol. The van der Waals surface area contributed by atoms with Crippen molar-refractivity contribution in [3.63, 3.8) is 0 Å². The van der Waals surface area contributed by atoms with Crippen molar-refractivity contribution in [3.8, 4) is 0 Å². The number of rotatable bonds is 4. The molecule has 2 N–H and O–H groups in total. The average Bonchev–Trinajstić information content (AvgIpc) is 2.75. The molecule has 6 nitrogen and oxygen atoms in total. The largest absolute Gasteiger partial charge is 0.465 e. The first-order chi connectivity index (χ1) is 9.81. The van der Waals surface area contributed by atoms with Crippen molar-refractivity contribution in [3.05, 3.63) is 17.6 Å². The number of aryl methyl sites for hydroxylation is 1. The Morgan fingerprint density at radius 1 is 1.43 bits per heavy atom. The van der Waals surface area contributed by atoms with Gasteiger partial charge in [0.25, 0.3) is 0 Å². The summed E-state index contributed by atoms with van der Waals surface area (Å²) in [6, 6.07) is 1.60. The Labute approximate surface area is 117 Å². The molecule has 0 aliphatic heterocycles. The van der Waals surface area contributed by atoms with Gasteiger partial charge in [-0.3, -0.25) is 4.79 Å². The van der Waals surface area contributed by atoms with E-state index in [1.54, 1.807) is 19.9 Å². The summed E-state index contributed by atoms with van der Waals surface area (Å²) >= 11 is 0. The van der Waals surface area contributed by atoms with Gasteiger partial charge in [-0.1, -0.05) is 0 Å². The van der Waals surface area contributed by atoms with Crippen molar-refractivity contribution in [2.24, 2.45) is 0 Å². The van der Waals surface area contributed by atoms with Gasteiger partial charge < -0.3 is 15.0 Å². The molecule has 0 atom stereocenters. The molecule has 0 bridgehead atoms. The Bertz CT molecular complexity index is 666. The Morgan fingerprint density at radius 3 is 2.76 bits per heavy atom. The van der Waals surface area contributed by atoms with Crippen LogP contribution < -0.4 is 5.32 Å². The van der Waals surface area contributed by atoms with Gasteiger partial charge in [-0.2, -0.15) is 13.2 Å². The predicted octanol–water partition coefficient (Wildman–Crippen LogP) is 2.26. The maximum atomic E-state index is 12.8. The summed E-state index contributed by atoms with van der Waals surface area (Å²) < 4.78 is 43.0. The number of H-pyrrole nitrogens is 1. The standard InChI is InChI=1S/C12H13F3N4O2/c1-3-21-8(20)5-16-9-7-4-6(2)17-10(7)19-11(18-9)12(13,14)15/h4H,3,5H2,1-2H3,(H2,16,17,18,19). The third kappa shape index (κ3) is 3.41. The zero-order valence-corrected chi connectivity index (χ0v) is 11.3. The monoisotopic (exact) mass is 302 g/mol. The fourth-order valence-corrected chi connectivity index (χ4v) is 1.77. The number of carbonyl (C=O) groups is 1. The number of hydrogen-bond acceptors (Lipinski definition) is 5. The number of fused-ring (bicyclic) bond motifs is 1. The van der Waals surface area contributed by atoms with Crippen molar-refractivity contribution in [1.82, 2.24) is 15.0 Å². The Morgan fingerprint density at radius 2 is 2.14 bits per heavy atom. The van der Waals surface area contributed by atoms with E-state index in [2.05, 4.69) is 20.3 Å². The molecule has 0 unspecified atom stereocenters. The Hall–Kier alpha value is -2.32. The topological polar surface area (TPSA) is 79.9 Å². The molecule has 2 rings (SSSR count). The lowest BCUT2D eigenvalue weighted by atomic mass is 10.3. The highest BCUT2D eigenvalue weighted by molar-refractivity contribution is 5.89. The fraction of sp³-hybridized carbons (Fsp3) is 0.417. The van der Waals surface area contributed by atoms with Crippen LogP contribution in [0.3, 0.4) is 0 Å². The number of aromatic amines is 1. The molecule has 2 aromatic rings. The van der Waals surface area contributed by atoms with Crippen molar-refractivity contribution in [2.75, 3.05) is 18.5 Å². The first kappa shape index (κ1) is 15.1. The smallest absolute Gasteiger partial charge is 0.451 e. The number of esters is 1. The van der Waals surface area contributed by atoms with Gasteiger partial charge in [0.05, 0.1) is 12.0 Å². The van der Waals surface area contributed by atoms with Crippen LogP contribution in [0, 0.1) is 6.92 Å². The van der Waals surface area contributed by atoms with E-state index in [-0.39, 0.29) is 24.6 Å². The summed E-state index contributed by atoms with van der Waals surface area (Å²) in [5.41, 5.74) is 0.694. The van der Waals surface area contributed by atoms with Crippen LogP contribution in [-0.4, -0.2) is 34.1 Å². The van der Waals surface area contributed by atoms with E-state index in [1.165, 1.54) is 0 Å². The normalized spacial score (nSPS) is 11.7. The lowest BCUT2D eigenvalue weighted by molar-refractivity contribution is -0.144. The summed E-state index contributed by atoms with van der Waals surface area (Å²) in [5, 5.41) is 2.93. The summed E-state index contributed by atoms with van der Waals surface area (Å²) in [7, 11) is 0. The molecule has 0 aromatic carbocycles. The number of hydrogen-bond donors (Lipinski definition) is 2. The van der Waals surface area contributed by atoms with Crippen LogP contribution in [0.5, 0.6) is 0 Å². The van der Waals surface area contributed by atoms with Gasteiger partial charge in [0, 0.05) is 5.69 Å². The minimum absolute atomic E-state index is 0.0567. The second-order valence-electron chi connectivity index (χ2n) is 4.27. The minimum Gasteiger partial charge on any atom is -0.465 e. The maximum Gasteiger partial charge on any atom is 0.451 e. The molecule has 0 aliphatic rings. The molecule has 0 radical (unpaired) electrons. The highest BCUT2D eigenvalue weighted by Gasteiger charge is 2.35. The number of nitrogens with one attached hydrogen (secondary N) is 2. The third-order valence-electron chi connectivity index (χ3n) is 2.58. The van der Waals surface area contributed by atoms with Crippen LogP contribution in [-0.2, 0) is 15.7 Å². The molecule has 2 aromatic heterocycles. The number of aromatic nitrogens is 3. The number of anilines is 1. The first-order valence-electron chi connectivity index (χ1n) is 6.15. The van der Waals surface area contributed by atoms with E-state index < -0.39 is 18.0 Å². The van der Waals surface area contributed by atoms with E-state index in [1.807, 2.05) is 0 Å². The molecular weight excluding hydrogens is 289 g/mol. The lowest BCUT2D eigenvalue weighted by Gasteiger charge is -2.10. The second-order valence-corrected chi connectivity index (χ2v) is 4.27. The van der Waals surface area contributed by atoms with Gasteiger partial charge >= 0.3 is 12.1 Å². The maximum absolute atomic E-state index is 12.8. The van der Waals surface area contributed by atoms with Crippen molar-refractivity contribution < 1.29 is 22.7 Å². The number of nitrogens with zero attached hydrogens (tertiary/aromatic N) is 2. The quantitative estimate of drug-likeness (QED) is 0.847. The van der Waals surface area contributed by atoms with Crippen LogP contribution in [0.25, 0.3) is 11.0 Å². The SMILES string of the molecule is CCOC(=O)CNc1nc(C(F)(F)F)nc2[nH]c(C)cc12. The molecule has 9 heteroatoms. The molecule has 0 saturated carbocycles. The zero-order chi connectivity index (χ0) is 15.6. The van der Waals surface area contributed by atoms with E-state index in [0.717, 1.165) is 0 Å². The molecule has 0 fully saturated rings. The molecular formula is C12H13F3N4O2. The summed E-state index contributed by atoms with van der Waals surface area (Å²) in [5.74, 6) is -1.92. The molecule has 114 valence electrons. The first-order valence-corrected chi connectivity index (χ1v) is 6.15. The van der Waals surface area contributed by atoms with Gasteiger partial charge in [0.1, 0.15) is 18.0 Å². The fourth-order valence-electron chi connectivity index (χ4n) is 1.77. The minimum atomic E-state index is -4.67. The third-order valence-corrected chi connectivity index (χ3v) is 2.58. The van der Waals surface area contributed by atoms with Crippen LogP contribution in [0.1, 0.15) is 18.4 Å². The second kappa shape index (κ2) is 5.58. The van der Waals surface area contributed by atoms with E-state index >= 15 is 0 Å². The van der Waals surface area contributed by atoms with Gasteiger partial charge in [0.2, 0.25) is 5.82 Å². The highest BCUT2D eigenvalue weighted by Crippen LogP contribution is 2.30. The Kier molecular flexibility index (Phi) is 4.01.